The lowest BCUT2D eigenvalue weighted by molar-refractivity contribution is 0.414. The van der Waals surface area contributed by atoms with Gasteiger partial charge in [-0.3, -0.25) is 0 Å². The van der Waals surface area contributed by atoms with E-state index >= 15 is 0 Å². The van der Waals surface area contributed by atoms with E-state index in [1.165, 1.54) is 62.5 Å². The molecule has 0 aliphatic rings. The Labute approximate surface area is 125 Å². The van der Waals surface area contributed by atoms with Crippen molar-refractivity contribution in [3.63, 3.8) is 0 Å². The number of hydrogen-bond donors (Lipinski definition) is 0. The molecule has 1 aromatic carbocycles. The van der Waals surface area contributed by atoms with Gasteiger partial charge in [0.25, 0.3) is 0 Å². The topological polar surface area (TPSA) is 9.23 Å². The molecule has 1 nitrogen and oxygen atoms in total. The molecule has 0 N–H and O–H groups in total. The summed E-state index contributed by atoms with van der Waals surface area (Å²) in [6.07, 6.45) is 12.6. The highest BCUT2D eigenvalue weighted by Crippen LogP contribution is 2.25. The molecule has 0 bridgehead atoms. The van der Waals surface area contributed by atoms with E-state index in [1.807, 2.05) is 6.07 Å². The highest BCUT2D eigenvalue weighted by molar-refractivity contribution is 5.66. The van der Waals surface area contributed by atoms with Gasteiger partial charge in [-0.25, -0.2) is 0 Å². The van der Waals surface area contributed by atoms with Crippen molar-refractivity contribution in [2.75, 3.05) is 7.11 Å². The van der Waals surface area contributed by atoms with Gasteiger partial charge in [0.05, 0.1) is 7.11 Å². The maximum absolute atomic E-state index is 5.35. The summed E-state index contributed by atoms with van der Waals surface area (Å²) in [4.78, 5) is 0. The molecule has 0 saturated heterocycles. The molecule has 1 rings (SSSR count). The molecule has 0 saturated carbocycles. The van der Waals surface area contributed by atoms with E-state index < -0.39 is 0 Å². The number of ether oxygens (including phenoxy) is 1. The van der Waals surface area contributed by atoms with Crippen molar-refractivity contribution in [3.05, 3.63) is 35.9 Å². The third-order valence-electron chi connectivity index (χ3n) is 3.69. The minimum Gasteiger partial charge on any atom is -0.497 e. The summed E-state index contributed by atoms with van der Waals surface area (Å²) in [5, 5.41) is 0. The summed E-state index contributed by atoms with van der Waals surface area (Å²) >= 11 is 0. The van der Waals surface area contributed by atoms with Crippen molar-refractivity contribution in [3.8, 4) is 5.75 Å². The Morgan fingerprint density at radius 1 is 1.05 bits per heavy atom. The SMILES string of the molecule is CCCCC/C=C(\CCCCC)c1cccc(OC)c1. The van der Waals surface area contributed by atoms with E-state index in [4.69, 9.17) is 4.74 Å². The molecule has 0 spiro atoms. The van der Waals surface area contributed by atoms with Gasteiger partial charge < -0.3 is 4.74 Å². The van der Waals surface area contributed by atoms with Crippen molar-refractivity contribution < 1.29 is 4.74 Å². The maximum Gasteiger partial charge on any atom is 0.119 e. The molecular formula is C19H30O. The molecule has 0 atom stereocenters. The fraction of sp³-hybridized carbons (Fsp3) is 0.579. The van der Waals surface area contributed by atoms with E-state index in [0.29, 0.717) is 0 Å². The van der Waals surface area contributed by atoms with Crippen molar-refractivity contribution in [1.29, 1.82) is 0 Å². The van der Waals surface area contributed by atoms with Crippen LogP contribution in [0.1, 0.15) is 70.8 Å². The van der Waals surface area contributed by atoms with Gasteiger partial charge in [0, 0.05) is 0 Å². The lowest BCUT2D eigenvalue weighted by atomic mass is 9.97. The van der Waals surface area contributed by atoms with Gasteiger partial charge >= 0.3 is 0 Å². The van der Waals surface area contributed by atoms with Gasteiger partial charge in [0.2, 0.25) is 0 Å². The predicted molar refractivity (Wildman–Crippen MR) is 89.3 cm³/mol. The Kier molecular flexibility index (Phi) is 8.86. The Bertz CT molecular complexity index is 393. The van der Waals surface area contributed by atoms with Crippen molar-refractivity contribution in [2.24, 2.45) is 0 Å². The molecule has 0 unspecified atom stereocenters. The largest absolute Gasteiger partial charge is 0.497 e. The first kappa shape index (κ1) is 16.8. The Morgan fingerprint density at radius 2 is 1.80 bits per heavy atom. The maximum atomic E-state index is 5.35. The highest BCUT2D eigenvalue weighted by Gasteiger charge is 2.03. The number of unbranched alkanes of at least 4 members (excludes halogenated alkanes) is 5. The summed E-state index contributed by atoms with van der Waals surface area (Å²) in [5.41, 5.74) is 2.82. The Morgan fingerprint density at radius 3 is 2.50 bits per heavy atom. The molecule has 20 heavy (non-hydrogen) atoms. The third-order valence-corrected chi connectivity index (χ3v) is 3.69. The van der Waals surface area contributed by atoms with Crippen molar-refractivity contribution in [2.45, 2.75) is 65.2 Å². The molecule has 0 aliphatic heterocycles. The molecule has 1 aromatic rings. The summed E-state index contributed by atoms with van der Waals surface area (Å²) in [6.45, 7) is 4.52. The molecule has 0 aliphatic carbocycles. The molecule has 112 valence electrons. The summed E-state index contributed by atoms with van der Waals surface area (Å²) < 4.78 is 5.35. The number of allylic oxidation sites excluding steroid dienone is 2. The standard InChI is InChI=1S/C19H30O/c1-4-6-8-10-13-17(12-9-7-5-2)18-14-11-15-19(16-18)20-3/h11,13-16H,4-10,12H2,1-3H3/b17-13+. The van der Waals surface area contributed by atoms with Crippen molar-refractivity contribution >= 4 is 5.57 Å². The first-order valence-electron chi connectivity index (χ1n) is 8.15. The second kappa shape index (κ2) is 10.5. The third kappa shape index (κ3) is 6.27. The van der Waals surface area contributed by atoms with Gasteiger partial charge in [-0.2, -0.15) is 0 Å². The average molecular weight is 274 g/mol. The minimum absolute atomic E-state index is 0.956. The fourth-order valence-electron chi connectivity index (χ4n) is 2.42. The number of hydrogen-bond acceptors (Lipinski definition) is 1. The van der Waals surface area contributed by atoms with Crippen molar-refractivity contribution in [1.82, 2.24) is 0 Å². The van der Waals surface area contributed by atoms with Crippen LogP contribution in [0, 0.1) is 0 Å². The number of rotatable bonds is 10. The van der Waals surface area contributed by atoms with Crippen LogP contribution >= 0.6 is 0 Å². The first-order chi connectivity index (χ1) is 9.81. The minimum atomic E-state index is 0.956. The average Bonchev–Trinajstić information content (AvgIpc) is 2.50. The molecular weight excluding hydrogens is 244 g/mol. The van der Waals surface area contributed by atoms with Crippen LogP contribution in [-0.2, 0) is 0 Å². The zero-order valence-electron chi connectivity index (χ0n) is 13.5. The second-order valence-electron chi connectivity index (χ2n) is 5.41. The van der Waals surface area contributed by atoms with Crippen LogP contribution in [0.3, 0.4) is 0 Å². The molecule has 1 heteroatoms. The second-order valence-corrected chi connectivity index (χ2v) is 5.41. The van der Waals surface area contributed by atoms with Gasteiger partial charge in [-0.15, -0.1) is 0 Å². The monoisotopic (exact) mass is 274 g/mol. The molecule has 0 aromatic heterocycles. The van der Waals surface area contributed by atoms with Crippen LogP contribution in [0.5, 0.6) is 5.75 Å². The lowest BCUT2D eigenvalue weighted by Gasteiger charge is -2.10. The predicted octanol–water partition coefficient (Wildman–Crippen LogP) is 6.24. The first-order valence-corrected chi connectivity index (χ1v) is 8.15. The van der Waals surface area contributed by atoms with Gasteiger partial charge in [-0.05, 0) is 49.0 Å². The fourth-order valence-corrected chi connectivity index (χ4v) is 2.42. The van der Waals surface area contributed by atoms with E-state index in [1.54, 1.807) is 7.11 Å². The van der Waals surface area contributed by atoms with Gasteiger partial charge in [-0.1, -0.05) is 57.7 Å². The number of methoxy groups -OCH3 is 1. The normalized spacial score (nSPS) is 11.7. The van der Waals surface area contributed by atoms with Crippen LogP contribution < -0.4 is 4.74 Å². The van der Waals surface area contributed by atoms with Crippen LogP contribution in [0.4, 0.5) is 0 Å². The van der Waals surface area contributed by atoms with Crippen LogP contribution in [-0.4, -0.2) is 7.11 Å². The van der Waals surface area contributed by atoms with Crippen LogP contribution in [0.2, 0.25) is 0 Å². The molecule has 0 radical (unpaired) electrons. The quantitative estimate of drug-likeness (QED) is 0.459. The summed E-state index contributed by atoms with van der Waals surface area (Å²) in [7, 11) is 1.74. The summed E-state index contributed by atoms with van der Waals surface area (Å²) in [5.74, 6) is 0.956. The van der Waals surface area contributed by atoms with Crippen LogP contribution in [0.25, 0.3) is 5.57 Å². The van der Waals surface area contributed by atoms with Gasteiger partial charge in [0.15, 0.2) is 0 Å². The van der Waals surface area contributed by atoms with Crippen LogP contribution in [0.15, 0.2) is 30.3 Å². The zero-order valence-corrected chi connectivity index (χ0v) is 13.5. The summed E-state index contributed by atoms with van der Waals surface area (Å²) in [6, 6.07) is 8.48. The lowest BCUT2D eigenvalue weighted by Crippen LogP contribution is -1.89. The Hall–Kier alpha value is -1.24. The molecule has 0 heterocycles. The van der Waals surface area contributed by atoms with E-state index in [2.05, 4.69) is 38.1 Å². The highest BCUT2D eigenvalue weighted by atomic mass is 16.5. The molecule has 0 amide bonds. The smallest absolute Gasteiger partial charge is 0.119 e. The Balaban J connectivity index is 2.73. The number of benzene rings is 1. The van der Waals surface area contributed by atoms with E-state index in [0.717, 1.165) is 5.75 Å². The zero-order chi connectivity index (χ0) is 14.6. The van der Waals surface area contributed by atoms with E-state index in [9.17, 15) is 0 Å². The molecule has 0 fully saturated rings. The van der Waals surface area contributed by atoms with Gasteiger partial charge in [0.1, 0.15) is 5.75 Å². The van der Waals surface area contributed by atoms with E-state index in [-0.39, 0.29) is 0 Å².